The van der Waals surface area contributed by atoms with Gasteiger partial charge in [-0.25, -0.2) is 4.98 Å². The molecule has 7 rings (SSSR count). The summed E-state index contributed by atoms with van der Waals surface area (Å²) < 4.78 is 0. The zero-order valence-electron chi connectivity index (χ0n) is 20.6. The summed E-state index contributed by atoms with van der Waals surface area (Å²) in [4.78, 5) is 26.7. The second kappa shape index (κ2) is 8.33. The molecule has 1 amide bonds. The highest BCUT2D eigenvalue weighted by molar-refractivity contribution is 5.97. The van der Waals surface area contributed by atoms with Crippen molar-refractivity contribution in [1.29, 1.82) is 5.26 Å². The summed E-state index contributed by atoms with van der Waals surface area (Å²) in [7, 11) is 0. The molecule has 1 aliphatic heterocycles. The minimum Gasteiger partial charge on any atom is -0.349 e. The van der Waals surface area contributed by atoms with Crippen LogP contribution in [0.5, 0.6) is 0 Å². The predicted molar refractivity (Wildman–Crippen MR) is 137 cm³/mol. The fourth-order valence-electron chi connectivity index (χ4n) is 5.31. The SMILES string of the molecule is N#CC1(c2cc([NH2+]c3nc(Nc4ccc5c(c4)CCNC54CC4)ncc3C(=O)NC3CC3)ccn2)CC1. The lowest BCUT2D eigenvalue weighted by Gasteiger charge is -2.27. The van der Waals surface area contributed by atoms with Crippen LogP contribution in [0.1, 0.15) is 65.7 Å². The van der Waals surface area contributed by atoms with Crippen LogP contribution in [0.3, 0.4) is 0 Å². The number of carbonyl (C=O) groups excluding carboxylic acids is 1. The van der Waals surface area contributed by atoms with Crippen LogP contribution in [0.4, 0.5) is 23.1 Å². The number of nitrogens with two attached hydrogens (primary N) is 1. The number of nitriles is 1. The number of fused-ring (bicyclic) bond motifs is 2. The molecule has 0 radical (unpaired) electrons. The van der Waals surface area contributed by atoms with E-state index in [0.29, 0.717) is 17.3 Å². The molecular formula is C28H29N8O+. The van der Waals surface area contributed by atoms with E-state index in [1.165, 1.54) is 24.0 Å². The molecule has 3 heterocycles. The maximum absolute atomic E-state index is 13.0. The average Bonchev–Trinajstić information content (AvgIpc) is 3.77. The largest absolute Gasteiger partial charge is 0.349 e. The third-order valence-electron chi connectivity index (χ3n) is 8.00. The van der Waals surface area contributed by atoms with Gasteiger partial charge in [0.2, 0.25) is 11.8 Å². The number of amides is 1. The highest BCUT2D eigenvalue weighted by Gasteiger charge is 2.47. The molecular weight excluding hydrogens is 464 g/mol. The Hall–Kier alpha value is -3.87. The van der Waals surface area contributed by atoms with E-state index in [0.717, 1.165) is 55.7 Å². The van der Waals surface area contributed by atoms with Crippen LogP contribution in [-0.2, 0) is 17.4 Å². The first-order valence-electron chi connectivity index (χ1n) is 13.1. The van der Waals surface area contributed by atoms with Gasteiger partial charge in [0.15, 0.2) is 0 Å². The highest BCUT2D eigenvalue weighted by Crippen LogP contribution is 2.49. The van der Waals surface area contributed by atoms with Gasteiger partial charge >= 0.3 is 0 Å². The molecule has 0 unspecified atom stereocenters. The topological polar surface area (TPSA) is 132 Å². The Balaban J connectivity index is 1.18. The normalized spacial score (nSPS) is 20.0. The van der Waals surface area contributed by atoms with Crippen LogP contribution in [0.25, 0.3) is 0 Å². The smallest absolute Gasteiger partial charge is 0.260 e. The highest BCUT2D eigenvalue weighted by atomic mass is 16.1. The number of quaternary nitrogens is 1. The number of hydrogen-bond donors (Lipinski definition) is 4. The van der Waals surface area contributed by atoms with Crippen LogP contribution < -0.4 is 21.3 Å². The number of hydrogen-bond acceptors (Lipinski definition) is 7. The first kappa shape index (κ1) is 22.3. The van der Waals surface area contributed by atoms with E-state index in [1.807, 2.05) is 17.4 Å². The van der Waals surface area contributed by atoms with E-state index in [4.69, 9.17) is 4.98 Å². The van der Waals surface area contributed by atoms with Crippen LogP contribution in [-0.4, -0.2) is 33.4 Å². The first-order valence-corrected chi connectivity index (χ1v) is 13.1. The molecule has 3 aromatic rings. The number of carbonyl (C=O) groups is 1. The van der Waals surface area contributed by atoms with Crippen LogP contribution in [0.15, 0.2) is 42.7 Å². The van der Waals surface area contributed by atoms with Gasteiger partial charge in [-0.3, -0.25) is 15.1 Å². The Labute approximate surface area is 215 Å². The van der Waals surface area contributed by atoms with Gasteiger partial charge in [0.05, 0.1) is 23.4 Å². The standard InChI is InChI=1S/C28H28N8O/c29-16-27(7-8-27)23-14-20(6-11-30-23)33-24-21(25(37)34-18-1-2-18)15-31-26(36-24)35-19-3-4-22-17(13-19)5-12-32-28(22)9-10-28/h3-4,6,11,13-15,18,32H,1-2,5,7-10,12H2,(H,34,37)(H2,30,31,33,35,36)/p+1. The summed E-state index contributed by atoms with van der Waals surface area (Å²) >= 11 is 0. The summed E-state index contributed by atoms with van der Waals surface area (Å²) in [6.45, 7) is 0.998. The fourth-order valence-corrected chi connectivity index (χ4v) is 5.31. The number of nitrogens with one attached hydrogen (secondary N) is 3. The molecule has 4 aliphatic rings. The van der Waals surface area contributed by atoms with Crippen LogP contribution in [0, 0.1) is 11.3 Å². The van der Waals surface area contributed by atoms with Crippen LogP contribution >= 0.6 is 0 Å². The Bertz CT molecular complexity index is 1450. The second-order valence-electron chi connectivity index (χ2n) is 10.8. The number of benzene rings is 1. The number of nitrogens with zero attached hydrogens (tertiary/aromatic N) is 4. The third-order valence-corrected chi connectivity index (χ3v) is 8.00. The number of rotatable bonds is 7. The molecule has 9 heteroatoms. The lowest BCUT2D eigenvalue weighted by Crippen LogP contribution is -2.72. The van der Waals surface area contributed by atoms with Gasteiger partial charge < -0.3 is 16.0 Å². The molecule has 3 aliphatic carbocycles. The van der Waals surface area contributed by atoms with E-state index in [9.17, 15) is 10.1 Å². The second-order valence-corrected chi connectivity index (χ2v) is 10.8. The van der Waals surface area contributed by atoms with E-state index in [-0.39, 0.29) is 17.5 Å². The number of aromatic nitrogens is 3. The van der Waals surface area contributed by atoms with Crippen molar-refractivity contribution in [3.8, 4) is 6.07 Å². The summed E-state index contributed by atoms with van der Waals surface area (Å²) in [5.74, 6) is 0.809. The molecule has 0 saturated heterocycles. The van der Waals surface area contributed by atoms with Gasteiger partial charge in [-0.2, -0.15) is 10.2 Å². The van der Waals surface area contributed by atoms with E-state index in [2.05, 4.69) is 50.2 Å². The molecule has 37 heavy (non-hydrogen) atoms. The van der Waals surface area contributed by atoms with Crippen molar-refractivity contribution < 1.29 is 10.1 Å². The molecule has 9 nitrogen and oxygen atoms in total. The summed E-state index contributed by atoms with van der Waals surface area (Å²) in [5.41, 5.74) is 5.49. The molecule has 2 aromatic heterocycles. The predicted octanol–water partition coefficient (Wildman–Crippen LogP) is 2.72. The monoisotopic (exact) mass is 493 g/mol. The quantitative estimate of drug-likeness (QED) is 0.398. The van der Waals surface area contributed by atoms with E-state index >= 15 is 0 Å². The van der Waals surface area contributed by atoms with E-state index < -0.39 is 5.41 Å². The molecule has 5 N–H and O–H groups in total. The van der Waals surface area contributed by atoms with Gasteiger partial charge in [-0.05, 0) is 68.2 Å². The summed E-state index contributed by atoms with van der Waals surface area (Å²) in [6, 6.07) is 12.9. The van der Waals surface area contributed by atoms with Crippen molar-refractivity contribution >= 4 is 29.0 Å². The van der Waals surface area contributed by atoms with Gasteiger partial charge in [-0.1, -0.05) is 6.07 Å². The summed E-state index contributed by atoms with van der Waals surface area (Å²) in [5, 5.41) is 21.5. The van der Waals surface area contributed by atoms with Crippen molar-refractivity contribution in [2.24, 2.45) is 0 Å². The van der Waals surface area contributed by atoms with E-state index in [1.54, 1.807) is 12.4 Å². The molecule has 1 spiro atoms. The first-order chi connectivity index (χ1) is 18.1. The maximum atomic E-state index is 13.0. The third kappa shape index (κ3) is 4.22. The molecule has 1 aromatic carbocycles. The maximum Gasteiger partial charge on any atom is 0.260 e. The Kier molecular flexibility index (Phi) is 5.03. The minimum atomic E-state index is -0.477. The summed E-state index contributed by atoms with van der Waals surface area (Å²) in [6.07, 6.45) is 10.4. The van der Waals surface area contributed by atoms with Crippen molar-refractivity contribution in [1.82, 2.24) is 25.6 Å². The Morgan fingerprint density at radius 2 is 2.00 bits per heavy atom. The number of pyridine rings is 1. The van der Waals surface area contributed by atoms with Crippen molar-refractivity contribution in [2.45, 2.75) is 61.9 Å². The Morgan fingerprint density at radius 1 is 1.14 bits per heavy atom. The molecule has 186 valence electrons. The van der Waals surface area contributed by atoms with Gasteiger partial charge in [-0.15, -0.1) is 0 Å². The lowest BCUT2D eigenvalue weighted by atomic mass is 9.92. The molecule has 0 bridgehead atoms. The molecule has 0 atom stereocenters. The zero-order valence-corrected chi connectivity index (χ0v) is 20.6. The molecule has 3 saturated carbocycles. The van der Waals surface area contributed by atoms with Crippen molar-refractivity contribution in [3.63, 3.8) is 0 Å². The lowest BCUT2D eigenvalue weighted by molar-refractivity contribution is -0.483. The Morgan fingerprint density at radius 3 is 2.76 bits per heavy atom. The minimum absolute atomic E-state index is 0.165. The average molecular weight is 494 g/mol. The van der Waals surface area contributed by atoms with Gasteiger partial charge in [0.25, 0.3) is 5.91 Å². The molecule has 3 fully saturated rings. The number of anilines is 2. The fraction of sp³-hybridized carbons (Fsp3) is 0.393. The zero-order chi connectivity index (χ0) is 25.0. The van der Waals surface area contributed by atoms with Crippen LogP contribution in [0.2, 0.25) is 0 Å². The van der Waals surface area contributed by atoms with Crippen molar-refractivity contribution in [3.05, 3.63) is 65.1 Å². The van der Waals surface area contributed by atoms with Gasteiger partial charge in [0, 0.05) is 42.1 Å². The van der Waals surface area contributed by atoms with Crippen molar-refractivity contribution in [2.75, 3.05) is 11.9 Å². The van der Waals surface area contributed by atoms with Gasteiger partial charge in [0.1, 0.15) is 11.3 Å².